The van der Waals surface area contributed by atoms with Gasteiger partial charge in [0.1, 0.15) is 0 Å². The Labute approximate surface area is 162 Å². The fourth-order valence-electron chi connectivity index (χ4n) is 5.67. The minimum Gasteiger partial charge on any atom is -0.392 e. The summed E-state index contributed by atoms with van der Waals surface area (Å²) in [6.07, 6.45) is 2.59. The van der Waals surface area contributed by atoms with E-state index in [1.807, 2.05) is 37.0 Å². The number of carbonyl (C=O) groups excluding carboxylic acids is 1. The normalized spacial score (nSPS) is 34.7. The van der Waals surface area contributed by atoms with Crippen LogP contribution in [0.25, 0.3) is 0 Å². The van der Waals surface area contributed by atoms with Gasteiger partial charge in [-0.15, -0.1) is 11.3 Å². The number of aliphatic hydroxyl groups is 1. The Morgan fingerprint density at radius 1 is 1.42 bits per heavy atom. The van der Waals surface area contributed by atoms with Gasteiger partial charge < -0.3 is 10.0 Å². The number of aryl methyl sites for hydroxylation is 1. The van der Waals surface area contributed by atoms with Crippen molar-refractivity contribution in [2.45, 2.75) is 72.8 Å². The standard InChI is InChI=1S/C21H34N2O2S/c1-7-23(8-2)20(25)12(3)15-9-10-21(6)11-16-18(22-14(5)26-16)13(4)17(21)19(15)24/h12-13,15,17,19,24H,7-11H2,1-6H3/t12-,13-,15-,17+,19-,21+/m0/s1. The fraction of sp³-hybridized carbons (Fsp3) is 0.810. The predicted octanol–water partition coefficient (Wildman–Crippen LogP) is 4.01. The third-order valence-corrected chi connectivity index (χ3v) is 8.12. The number of rotatable bonds is 4. The van der Waals surface area contributed by atoms with Crippen LogP contribution in [0.3, 0.4) is 0 Å². The van der Waals surface area contributed by atoms with Gasteiger partial charge in [0, 0.05) is 29.8 Å². The van der Waals surface area contributed by atoms with Crippen molar-refractivity contribution in [1.82, 2.24) is 9.88 Å². The lowest BCUT2D eigenvalue weighted by Gasteiger charge is -2.53. The Balaban J connectivity index is 1.87. The highest BCUT2D eigenvalue weighted by Gasteiger charge is 2.53. The molecule has 0 aliphatic heterocycles. The van der Waals surface area contributed by atoms with E-state index in [2.05, 4.69) is 20.8 Å². The molecule has 2 aliphatic rings. The van der Waals surface area contributed by atoms with Gasteiger partial charge >= 0.3 is 0 Å². The molecule has 0 bridgehead atoms. The maximum Gasteiger partial charge on any atom is 0.225 e. The van der Waals surface area contributed by atoms with E-state index in [1.54, 1.807) is 0 Å². The van der Waals surface area contributed by atoms with E-state index in [4.69, 9.17) is 4.98 Å². The maximum absolute atomic E-state index is 12.9. The zero-order chi connectivity index (χ0) is 19.2. The van der Waals surface area contributed by atoms with Crippen LogP contribution in [0.2, 0.25) is 0 Å². The van der Waals surface area contributed by atoms with Gasteiger partial charge in [-0.25, -0.2) is 4.98 Å². The number of nitrogens with zero attached hydrogens (tertiary/aromatic N) is 2. The molecule has 5 heteroatoms. The van der Waals surface area contributed by atoms with Crippen molar-refractivity contribution in [2.24, 2.45) is 23.2 Å². The molecular formula is C21H34N2O2S. The molecule has 3 rings (SSSR count). The van der Waals surface area contributed by atoms with Crippen LogP contribution in [-0.4, -0.2) is 40.1 Å². The monoisotopic (exact) mass is 378 g/mol. The molecule has 0 saturated heterocycles. The summed E-state index contributed by atoms with van der Waals surface area (Å²) in [5, 5.41) is 12.5. The Hall–Kier alpha value is -0.940. The molecule has 2 aliphatic carbocycles. The number of carbonyl (C=O) groups is 1. The number of hydrogen-bond donors (Lipinski definition) is 1. The van der Waals surface area contributed by atoms with E-state index < -0.39 is 6.10 Å². The van der Waals surface area contributed by atoms with E-state index in [1.165, 1.54) is 10.6 Å². The van der Waals surface area contributed by atoms with Gasteiger partial charge in [-0.1, -0.05) is 20.8 Å². The first-order chi connectivity index (χ1) is 12.2. The lowest BCUT2D eigenvalue weighted by atomic mass is 9.53. The second-order valence-electron chi connectivity index (χ2n) is 8.68. The van der Waals surface area contributed by atoms with E-state index in [0.717, 1.165) is 37.4 Å². The summed E-state index contributed by atoms with van der Waals surface area (Å²) in [5.41, 5.74) is 1.30. The van der Waals surface area contributed by atoms with Crippen LogP contribution >= 0.6 is 11.3 Å². The van der Waals surface area contributed by atoms with Crippen LogP contribution in [0.1, 0.15) is 69.0 Å². The highest BCUT2D eigenvalue weighted by molar-refractivity contribution is 7.11. The Morgan fingerprint density at radius 2 is 2.08 bits per heavy atom. The first kappa shape index (κ1) is 19.8. The van der Waals surface area contributed by atoms with E-state index in [-0.39, 0.29) is 35.0 Å². The smallest absolute Gasteiger partial charge is 0.225 e. The topological polar surface area (TPSA) is 53.4 Å². The zero-order valence-electron chi connectivity index (χ0n) is 17.1. The Bertz CT molecular complexity index is 669. The van der Waals surface area contributed by atoms with Crippen molar-refractivity contribution >= 4 is 17.2 Å². The molecule has 1 amide bonds. The molecule has 0 unspecified atom stereocenters. The van der Waals surface area contributed by atoms with Crippen LogP contribution in [-0.2, 0) is 11.2 Å². The highest BCUT2D eigenvalue weighted by atomic mass is 32.1. The summed E-state index contributed by atoms with van der Waals surface area (Å²) in [5.74, 6) is 0.547. The number of thiazole rings is 1. The molecule has 1 N–H and O–H groups in total. The van der Waals surface area contributed by atoms with Crippen LogP contribution < -0.4 is 0 Å². The summed E-state index contributed by atoms with van der Waals surface area (Å²) < 4.78 is 0. The van der Waals surface area contributed by atoms with Crippen molar-refractivity contribution in [3.05, 3.63) is 15.6 Å². The maximum atomic E-state index is 12.9. The summed E-state index contributed by atoms with van der Waals surface area (Å²) in [6, 6.07) is 0. The molecule has 4 nitrogen and oxygen atoms in total. The van der Waals surface area contributed by atoms with Crippen molar-refractivity contribution in [3.8, 4) is 0 Å². The second-order valence-corrected chi connectivity index (χ2v) is 9.97. The van der Waals surface area contributed by atoms with Crippen LogP contribution in [0.4, 0.5) is 0 Å². The molecule has 0 spiro atoms. The molecule has 1 aromatic heterocycles. The number of hydrogen-bond acceptors (Lipinski definition) is 4. The van der Waals surface area contributed by atoms with Gasteiger partial charge in [-0.3, -0.25) is 4.79 Å². The largest absolute Gasteiger partial charge is 0.392 e. The summed E-state index contributed by atoms with van der Waals surface area (Å²) >= 11 is 1.82. The average molecular weight is 379 g/mol. The van der Waals surface area contributed by atoms with Crippen LogP contribution in [0.5, 0.6) is 0 Å². The van der Waals surface area contributed by atoms with Crippen molar-refractivity contribution in [2.75, 3.05) is 13.1 Å². The van der Waals surface area contributed by atoms with Gasteiger partial charge in [-0.05, 0) is 57.3 Å². The van der Waals surface area contributed by atoms with Gasteiger partial charge in [0.15, 0.2) is 0 Å². The summed E-state index contributed by atoms with van der Waals surface area (Å²) in [6.45, 7) is 14.2. The SMILES string of the molecule is CCN(CC)C(=O)[C@@H](C)[C@@H]1CC[C@]2(C)Cc3sc(C)nc3[C@@H](C)[C@@H]2[C@H]1O. The molecule has 6 atom stereocenters. The lowest BCUT2D eigenvalue weighted by molar-refractivity contribution is -0.144. The van der Waals surface area contributed by atoms with Crippen LogP contribution in [0, 0.1) is 30.1 Å². The third kappa shape index (κ3) is 3.11. The van der Waals surface area contributed by atoms with Crippen molar-refractivity contribution in [1.29, 1.82) is 0 Å². The van der Waals surface area contributed by atoms with E-state index in [0.29, 0.717) is 0 Å². The van der Waals surface area contributed by atoms with E-state index in [9.17, 15) is 9.90 Å². The molecule has 1 fully saturated rings. The fourth-order valence-corrected chi connectivity index (χ4v) is 6.91. The quantitative estimate of drug-likeness (QED) is 0.861. The Morgan fingerprint density at radius 3 is 2.69 bits per heavy atom. The number of amides is 1. The molecule has 0 aromatic carbocycles. The second kappa shape index (κ2) is 7.23. The van der Waals surface area contributed by atoms with Gasteiger partial charge in [0.25, 0.3) is 0 Å². The molecule has 0 radical (unpaired) electrons. The first-order valence-corrected chi connectivity index (χ1v) is 11.0. The van der Waals surface area contributed by atoms with Crippen LogP contribution in [0.15, 0.2) is 0 Å². The molecule has 26 heavy (non-hydrogen) atoms. The predicted molar refractivity (Wildman–Crippen MR) is 106 cm³/mol. The summed E-state index contributed by atoms with van der Waals surface area (Å²) in [4.78, 5) is 21.0. The van der Waals surface area contributed by atoms with Gasteiger partial charge in [-0.2, -0.15) is 0 Å². The molecule has 1 heterocycles. The van der Waals surface area contributed by atoms with Gasteiger partial charge in [0.2, 0.25) is 5.91 Å². The third-order valence-electron chi connectivity index (χ3n) is 7.14. The first-order valence-electron chi connectivity index (χ1n) is 10.2. The van der Waals surface area contributed by atoms with Crippen molar-refractivity contribution < 1.29 is 9.90 Å². The minimum atomic E-state index is -0.437. The Kier molecular flexibility index (Phi) is 5.51. The number of aromatic nitrogens is 1. The lowest BCUT2D eigenvalue weighted by Crippen LogP contribution is -2.53. The van der Waals surface area contributed by atoms with Gasteiger partial charge in [0.05, 0.1) is 16.8 Å². The number of fused-ring (bicyclic) bond motifs is 2. The highest BCUT2D eigenvalue weighted by Crippen LogP contribution is 2.57. The molecule has 1 aromatic rings. The van der Waals surface area contributed by atoms with Crippen molar-refractivity contribution in [3.63, 3.8) is 0 Å². The average Bonchev–Trinajstić information content (AvgIpc) is 2.95. The molecule has 1 saturated carbocycles. The van der Waals surface area contributed by atoms with E-state index >= 15 is 0 Å². The molecule has 146 valence electrons. The zero-order valence-corrected chi connectivity index (χ0v) is 17.9. The summed E-state index contributed by atoms with van der Waals surface area (Å²) in [7, 11) is 0. The number of aliphatic hydroxyl groups excluding tert-OH is 1. The minimum absolute atomic E-state index is 0.0462. The molecular weight excluding hydrogens is 344 g/mol.